The Hall–Kier alpha value is -4.56. The van der Waals surface area contributed by atoms with Gasteiger partial charge in [-0.05, 0) is 96.1 Å². The van der Waals surface area contributed by atoms with Gasteiger partial charge in [0.25, 0.3) is 0 Å². The average Bonchev–Trinajstić information content (AvgIpc) is 3.41. The van der Waals surface area contributed by atoms with Gasteiger partial charge >= 0.3 is 0 Å². The molecule has 0 unspecified atom stereocenters. The molecule has 2 nitrogen and oxygen atoms in total. The molecule has 182 valence electrons. The van der Waals surface area contributed by atoms with Crippen LogP contribution >= 0.6 is 0 Å². The lowest BCUT2D eigenvalue weighted by Gasteiger charge is -2.19. The van der Waals surface area contributed by atoms with Gasteiger partial charge < -0.3 is 8.83 Å². The molecule has 2 heterocycles. The van der Waals surface area contributed by atoms with Gasteiger partial charge in [-0.1, -0.05) is 60.7 Å². The third-order valence-electron chi connectivity index (χ3n) is 8.58. The van der Waals surface area contributed by atoms with E-state index in [1.165, 1.54) is 65.7 Å². The monoisotopic (exact) mass is 490 g/mol. The summed E-state index contributed by atoms with van der Waals surface area (Å²) in [6.07, 6.45) is 0. The Morgan fingerprint density at radius 3 is 1.21 bits per heavy atom. The van der Waals surface area contributed by atoms with E-state index < -0.39 is 0 Å². The number of aryl methyl sites for hydroxylation is 4. The Morgan fingerprint density at radius 1 is 0.421 bits per heavy atom. The van der Waals surface area contributed by atoms with Gasteiger partial charge in [-0.3, -0.25) is 0 Å². The molecule has 8 rings (SSSR count). The molecule has 0 fully saturated rings. The van der Waals surface area contributed by atoms with Crippen molar-refractivity contribution in [1.29, 1.82) is 0 Å². The highest BCUT2D eigenvalue weighted by Crippen LogP contribution is 2.49. The quantitative estimate of drug-likeness (QED) is 0.225. The van der Waals surface area contributed by atoms with Crippen molar-refractivity contribution in [3.8, 4) is 22.3 Å². The van der Waals surface area contributed by atoms with Crippen LogP contribution in [0.2, 0.25) is 0 Å². The Kier molecular flexibility index (Phi) is 4.24. The van der Waals surface area contributed by atoms with E-state index in [9.17, 15) is 0 Å². The molecule has 0 saturated carbocycles. The number of hydrogen-bond donors (Lipinski definition) is 0. The van der Waals surface area contributed by atoms with Gasteiger partial charge in [-0.15, -0.1) is 0 Å². The fourth-order valence-corrected chi connectivity index (χ4v) is 6.38. The maximum atomic E-state index is 6.48. The van der Waals surface area contributed by atoms with E-state index in [1.807, 2.05) is 0 Å². The normalized spacial score (nSPS) is 12.2. The predicted octanol–water partition coefficient (Wildman–Crippen LogP) is 10.6. The van der Waals surface area contributed by atoms with E-state index in [0.29, 0.717) is 0 Å². The number of benzene rings is 6. The summed E-state index contributed by atoms with van der Waals surface area (Å²) in [4.78, 5) is 0. The van der Waals surface area contributed by atoms with Gasteiger partial charge in [0.05, 0.1) is 0 Å². The van der Waals surface area contributed by atoms with Crippen molar-refractivity contribution >= 4 is 54.3 Å². The first kappa shape index (κ1) is 21.5. The summed E-state index contributed by atoms with van der Waals surface area (Å²) >= 11 is 0. The Labute approximate surface area is 220 Å². The first-order chi connectivity index (χ1) is 18.5. The van der Waals surface area contributed by atoms with Crippen LogP contribution in [0.25, 0.3) is 76.5 Å². The largest absolute Gasteiger partial charge is 0.460 e. The molecule has 6 aromatic carbocycles. The fourth-order valence-electron chi connectivity index (χ4n) is 6.38. The molecule has 0 spiro atoms. The third-order valence-corrected chi connectivity index (χ3v) is 8.58. The van der Waals surface area contributed by atoms with Crippen molar-refractivity contribution in [3.63, 3.8) is 0 Å². The topological polar surface area (TPSA) is 26.3 Å². The van der Waals surface area contributed by atoms with Gasteiger partial charge in [0.15, 0.2) is 0 Å². The molecule has 0 atom stereocenters. The van der Waals surface area contributed by atoms with Gasteiger partial charge in [-0.25, -0.2) is 0 Å². The smallest absolute Gasteiger partial charge is 0.142 e. The van der Waals surface area contributed by atoms with E-state index in [0.717, 1.165) is 33.5 Å². The first-order valence-electron chi connectivity index (χ1n) is 13.2. The molecular formula is C36H26O2. The van der Waals surface area contributed by atoms with Gasteiger partial charge in [-0.2, -0.15) is 0 Å². The molecule has 0 aliphatic carbocycles. The second-order valence-corrected chi connectivity index (χ2v) is 10.6. The fraction of sp³-hybridized carbons (Fsp3) is 0.111. The van der Waals surface area contributed by atoms with E-state index in [2.05, 4.69) is 113 Å². The van der Waals surface area contributed by atoms with Crippen LogP contribution in [0.15, 0.2) is 93.8 Å². The predicted molar refractivity (Wildman–Crippen MR) is 160 cm³/mol. The summed E-state index contributed by atoms with van der Waals surface area (Å²) in [6, 6.07) is 30.8. The van der Waals surface area contributed by atoms with Crippen LogP contribution in [-0.2, 0) is 0 Å². The Bertz CT molecular complexity index is 2030. The van der Waals surface area contributed by atoms with Crippen molar-refractivity contribution in [3.05, 3.63) is 108 Å². The highest BCUT2D eigenvalue weighted by Gasteiger charge is 2.24. The van der Waals surface area contributed by atoms with Crippen molar-refractivity contribution in [2.75, 3.05) is 0 Å². The standard InChI is InChI=1S/C36H26O2/c1-19-21(3)37-35-25(19)15-29-27(23-11-7-5-8-12-23)18-32-34-30(16-26-20(2)22(4)38-36(26)32)28(17-31(35)33(29)34)24-13-9-6-10-14-24/h5-18H,1-4H3. The molecule has 0 saturated heterocycles. The second kappa shape index (κ2) is 7.49. The number of fused-ring (bicyclic) bond motifs is 4. The summed E-state index contributed by atoms with van der Waals surface area (Å²) in [7, 11) is 0. The van der Waals surface area contributed by atoms with E-state index >= 15 is 0 Å². The molecule has 0 N–H and O–H groups in total. The van der Waals surface area contributed by atoms with Gasteiger partial charge in [0.1, 0.15) is 22.7 Å². The Balaban J connectivity index is 1.72. The minimum Gasteiger partial charge on any atom is -0.460 e. The molecule has 38 heavy (non-hydrogen) atoms. The minimum absolute atomic E-state index is 0.963. The summed E-state index contributed by atoms with van der Waals surface area (Å²) in [6.45, 7) is 8.46. The number of furan rings is 2. The van der Waals surface area contributed by atoms with Crippen LogP contribution in [0.3, 0.4) is 0 Å². The number of hydrogen-bond acceptors (Lipinski definition) is 2. The maximum absolute atomic E-state index is 6.48. The third kappa shape index (κ3) is 2.72. The lowest BCUT2D eigenvalue weighted by Crippen LogP contribution is -1.92. The van der Waals surface area contributed by atoms with Crippen molar-refractivity contribution in [2.24, 2.45) is 0 Å². The van der Waals surface area contributed by atoms with Crippen LogP contribution in [0.4, 0.5) is 0 Å². The summed E-state index contributed by atoms with van der Waals surface area (Å²) in [5.74, 6) is 1.94. The molecule has 0 bridgehead atoms. The van der Waals surface area contributed by atoms with Crippen molar-refractivity contribution < 1.29 is 8.83 Å². The Morgan fingerprint density at radius 2 is 0.816 bits per heavy atom. The maximum Gasteiger partial charge on any atom is 0.142 e. The molecule has 0 aliphatic heterocycles. The van der Waals surface area contributed by atoms with Crippen LogP contribution in [0.1, 0.15) is 22.6 Å². The SMILES string of the molecule is Cc1oc2c(cc3c(-c4ccccc4)cc4c5oc(C)c(C)c5cc5c(-c6ccccc6)cc2c3c54)c1C. The van der Waals surface area contributed by atoms with Gasteiger partial charge in [0, 0.05) is 32.3 Å². The van der Waals surface area contributed by atoms with E-state index in [4.69, 9.17) is 8.83 Å². The van der Waals surface area contributed by atoms with Gasteiger partial charge in [0.2, 0.25) is 0 Å². The van der Waals surface area contributed by atoms with Crippen LogP contribution < -0.4 is 0 Å². The van der Waals surface area contributed by atoms with Crippen LogP contribution in [0, 0.1) is 27.7 Å². The van der Waals surface area contributed by atoms with Crippen LogP contribution in [0.5, 0.6) is 0 Å². The molecule has 2 heteroatoms. The highest BCUT2D eigenvalue weighted by molar-refractivity contribution is 6.36. The minimum atomic E-state index is 0.963. The zero-order valence-electron chi connectivity index (χ0n) is 21.9. The number of rotatable bonds is 2. The van der Waals surface area contributed by atoms with Crippen molar-refractivity contribution in [1.82, 2.24) is 0 Å². The average molecular weight is 491 g/mol. The lowest BCUT2D eigenvalue weighted by atomic mass is 9.84. The summed E-state index contributed by atoms with van der Waals surface area (Å²) in [5.41, 5.74) is 9.17. The zero-order chi connectivity index (χ0) is 25.7. The van der Waals surface area contributed by atoms with E-state index in [1.54, 1.807) is 0 Å². The molecule has 0 aliphatic rings. The van der Waals surface area contributed by atoms with Crippen LogP contribution in [-0.4, -0.2) is 0 Å². The highest BCUT2D eigenvalue weighted by atomic mass is 16.3. The molecule has 0 radical (unpaired) electrons. The first-order valence-corrected chi connectivity index (χ1v) is 13.2. The zero-order valence-corrected chi connectivity index (χ0v) is 21.9. The summed E-state index contributed by atoms with van der Waals surface area (Å²) < 4.78 is 13.0. The lowest BCUT2D eigenvalue weighted by molar-refractivity contribution is 0.577. The second-order valence-electron chi connectivity index (χ2n) is 10.6. The molecule has 2 aromatic heterocycles. The van der Waals surface area contributed by atoms with Crippen molar-refractivity contribution in [2.45, 2.75) is 27.7 Å². The molecule has 0 amide bonds. The molecular weight excluding hydrogens is 464 g/mol. The van der Waals surface area contributed by atoms with E-state index in [-0.39, 0.29) is 0 Å². The summed E-state index contributed by atoms with van der Waals surface area (Å²) in [5, 5.41) is 9.65. The molecule has 8 aromatic rings.